The molecule has 1 heterocycles. The fourth-order valence-electron chi connectivity index (χ4n) is 4.07. The summed E-state index contributed by atoms with van der Waals surface area (Å²) in [6, 6.07) is 21.6. The summed E-state index contributed by atoms with van der Waals surface area (Å²) in [4.78, 5) is 41.3. The number of nitrogens with one attached hydrogen (secondary N) is 1. The van der Waals surface area contributed by atoms with E-state index in [1.165, 1.54) is 13.0 Å². The summed E-state index contributed by atoms with van der Waals surface area (Å²) in [6.07, 6.45) is 0. The number of piperazine rings is 1. The number of ketones is 1. The molecule has 1 unspecified atom stereocenters. The Morgan fingerprint density at radius 1 is 0.824 bits per heavy atom. The zero-order valence-corrected chi connectivity index (χ0v) is 18.9. The minimum absolute atomic E-state index is 0.189. The van der Waals surface area contributed by atoms with Crippen LogP contribution in [0.25, 0.3) is 0 Å². The van der Waals surface area contributed by atoms with Gasteiger partial charge < -0.3 is 15.1 Å². The number of hydrogen-bond donors (Lipinski definition) is 1. The Kier molecular flexibility index (Phi) is 7.01. The second kappa shape index (κ2) is 10.3. The van der Waals surface area contributed by atoms with Gasteiger partial charge in [-0.1, -0.05) is 48.5 Å². The van der Waals surface area contributed by atoms with Gasteiger partial charge in [-0.2, -0.15) is 0 Å². The number of halogens is 1. The largest absolute Gasteiger partial charge is 0.366 e. The summed E-state index contributed by atoms with van der Waals surface area (Å²) >= 11 is 0. The van der Waals surface area contributed by atoms with Crippen molar-refractivity contribution in [3.63, 3.8) is 0 Å². The van der Waals surface area contributed by atoms with E-state index < -0.39 is 11.9 Å². The standard InChI is InChI=1S/C27H26FN3O3/c1-19(32)22-12-13-24(23(28)18-22)30-14-16-31(17-15-30)27(34)25(20-8-4-2-5-9-20)29-26(33)21-10-6-3-7-11-21/h2-13,18,25H,14-17H2,1H3,(H,29,33). The van der Waals surface area contributed by atoms with Gasteiger partial charge in [-0.15, -0.1) is 0 Å². The van der Waals surface area contributed by atoms with Crippen molar-refractivity contribution in [2.24, 2.45) is 0 Å². The molecule has 0 bridgehead atoms. The Labute approximate surface area is 198 Å². The van der Waals surface area contributed by atoms with Crippen LogP contribution < -0.4 is 10.2 Å². The Balaban J connectivity index is 1.47. The van der Waals surface area contributed by atoms with E-state index in [4.69, 9.17) is 0 Å². The SMILES string of the molecule is CC(=O)c1ccc(N2CCN(C(=O)C(NC(=O)c3ccccc3)c3ccccc3)CC2)c(F)c1. The molecule has 7 heteroatoms. The fourth-order valence-corrected chi connectivity index (χ4v) is 4.07. The van der Waals surface area contributed by atoms with Crippen molar-refractivity contribution >= 4 is 23.3 Å². The molecule has 1 N–H and O–H groups in total. The van der Waals surface area contributed by atoms with Gasteiger partial charge >= 0.3 is 0 Å². The molecule has 6 nitrogen and oxygen atoms in total. The maximum Gasteiger partial charge on any atom is 0.252 e. The van der Waals surface area contributed by atoms with Crippen molar-refractivity contribution in [1.29, 1.82) is 0 Å². The highest BCUT2D eigenvalue weighted by Crippen LogP contribution is 2.24. The van der Waals surface area contributed by atoms with E-state index in [0.29, 0.717) is 48.6 Å². The van der Waals surface area contributed by atoms with Gasteiger partial charge in [0, 0.05) is 37.3 Å². The van der Waals surface area contributed by atoms with E-state index in [1.54, 1.807) is 41.3 Å². The van der Waals surface area contributed by atoms with Crippen LogP contribution in [0.3, 0.4) is 0 Å². The average molecular weight is 460 g/mol. The molecule has 3 aromatic carbocycles. The molecule has 4 rings (SSSR count). The third-order valence-electron chi connectivity index (χ3n) is 5.98. The third kappa shape index (κ3) is 5.14. The van der Waals surface area contributed by atoms with E-state index in [9.17, 15) is 18.8 Å². The van der Waals surface area contributed by atoms with Gasteiger partial charge in [0.15, 0.2) is 5.78 Å². The molecular weight excluding hydrogens is 433 g/mol. The molecular formula is C27H26FN3O3. The summed E-state index contributed by atoms with van der Waals surface area (Å²) < 4.78 is 14.6. The van der Waals surface area contributed by atoms with Crippen LogP contribution in [-0.4, -0.2) is 48.7 Å². The lowest BCUT2D eigenvalue weighted by Crippen LogP contribution is -2.52. The molecule has 1 atom stereocenters. The highest BCUT2D eigenvalue weighted by Gasteiger charge is 2.30. The monoisotopic (exact) mass is 459 g/mol. The molecule has 0 saturated carbocycles. The van der Waals surface area contributed by atoms with Gasteiger partial charge in [0.25, 0.3) is 5.91 Å². The smallest absolute Gasteiger partial charge is 0.252 e. The number of hydrogen-bond acceptors (Lipinski definition) is 4. The average Bonchev–Trinajstić information content (AvgIpc) is 2.88. The van der Waals surface area contributed by atoms with Gasteiger partial charge in [-0.05, 0) is 42.8 Å². The quantitative estimate of drug-likeness (QED) is 0.569. The molecule has 0 aromatic heterocycles. The van der Waals surface area contributed by atoms with Gasteiger partial charge in [0.05, 0.1) is 5.69 Å². The molecule has 2 amide bonds. The number of carbonyl (C=O) groups is 3. The summed E-state index contributed by atoms with van der Waals surface area (Å²) in [5, 5.41) is 2.88. The summed E-state index contributed by atoms with van der Waals surface area (Å²) in [5.41, 5.74) is 1.92. The van der Waals surface area contributed by atoms with Crippen LogP contribution >= 0.6 is 0 Å². The van der Waals surface area contributed by atoms with E-state index >= 15 is 0 Å². The van der Waals surface area contributed by atoms with Crippen molar-refractivity contribution < 1.29 is 18.8 Å². The predicted molar refractivity (Wildman–Crippen MR) is 128 cm³/mol. The van der Waals surface area contributed by atoms with Crippen molar-refractivity contribution in [2.75, 3.05) is 31.1 Å². The van der Waals surface area contributed by atoms with E-state index in [2.05, 4.69) is 5.32 Å². The fraction of sp³-hybridized carbons (Fsp3) is 0.222. The number of Topliss-reactive ketones (excluding diaryl/α,β-unsaturated/α-hetero) is 1. The van der Waals surface area contributed by atoms with Crippen LogP contribution in [0.2, 0.25) is 0 Å². The lowest BCUT2D eigenvalue weighted by Gasteiger charge is -2.38. The number of amides is 2. The first-order chi connectivity index (χ1) is 16.4. The molecule has 0 aliphatic carbocycles. The highest BCUT2D eigenvalue weighted by molar-refractivity contribution is 5.98. The van der Waals surface area contributed by atoms with Gasteiger partial charge in [0.2, 0.25) is 5.91 Å². The maximum atomic E-state index is 14.6. The van der Waals surface area contributed by atoms with Crippen LogP contribution in [0.15, 0.2) is 78.9 Å². The predicted octanol–water partition coefficient (Wildman–Crippen LogP) is 3.85. The van der Waals surface area contributed by atoms with Crippen molar-refractivity contribution in [1.82, 2.24) is 10.2 Å². The molecule has 3 aromatic rings. The molecule has 1 fully saturated rings. The number of carbonyl (C=O) groups excluding carboxylic acids is 3. The van der Waals surface area contributed by atoms with E-state index in [0.717, 1.165) is 0 Å². The topological polar surface area (TPSA) is 69.7 Å². The minimum Gasteiger partial charge on any atom is -0.366 e. The second-order valence-corrected chi connectivity index (χ2v) is 8.22. The molecule has 1 aliphatic rings. The molecule has 0 spiro atoms. The summed E-state index contributed by atoms with van der Waals surface area (Å²) in [6.45, 7) is 3.06. The Bertz CT molecular complexity index is 1180. The molecule has 1 aliphatic heterocycles. The van der Waals surface area contributed by atoms with Crippen LogP contribution in [0.5, 0.6) is 0 Å². The van der Waals surface area contributed by atoms with Gasteiger partial charge in [-0.3, -0.25) is 14.4 Å². The van der Waals surface area contributed by atoms with E-state index in [-0.39, 0.29) is 17.6 Å². The van der Waals surface area contributed by atoms with Crippen molar-refractivity contribution in [3.05, 3.63) is 101 Å². The van der Waals surface area contributed by atoms with Crippen LogP contribution in [0, 0.1) is 5.82 Å². The lowest BCUT2D eigenvalue weighted by molar-refractivity contribution is -0.133. The lowest BCUT2D eigenvalue weighted by atomic mass is 10.0. The molecule has 0 radical (unpaired) electrons. The third-order valence-corrected chi connectivity index (χ3v) is 5.98. The highest BCUT2D eigenvalue weighted by atomic mass is 19.1. The van der Waals surface area contributed by atoms with Gasteiger partial charge in [0.1, 0.15) is 11.9 Å². The number of nitrogens with zero attached hydrogens (tertiary/aromatic N) is 2. The molecule has 1 saturated heterocycles. The Morgan fingerprint density at radius 3 is 2.03 bits per heavy atom. The first-order valence-electron chi connectivity index (χ1n) is 11.2. The number of rotatable bonds is 6. The number of benzene rings is 3. The first kappa shape index (κ1) is 23.2. The molecule has 174 valence electrons. The zero-order chi connectivity index (χ0) is 24.1. The van der Waals surface area contributed by atoms with Gasteiger partial charge in [-0.25, -0.2) is 4.39 Å². The molecule has 34 heavy (non-hydrogen) atoms. The number of anilines is 1. The minimum atomic E-state index is -0.827. The first-order valence-corrected chi connectivity index (χ1v) is 11.2. The van der Waals surface area contributed by atoms with Crippen LogP contribution in [0.4, 0.5) is 10.1 Å². The van der Waals surface area contributed by atoms with Crippen molar-refractivity contribution in [2.45, 2.75) is 13.0 Å². The Morgan fingerprint density at radius 2 is 1.44 bits per heavy atom. The van der Waals surface area contributed by atoms with Crippen molar-refractivity contribution in [3.8, 4) is 0 Å². The van der Waals surface area contributed by atoms with E-state index in [1.807, 2.05) is 41.3 Å². The second-order valence-electron chi connectivity index (χ2n) is 8.22. The maximum absolute atomic E-state index is 14.6. The summed E-state index contributed by atoms with van der Waals surface area (Å²) in [7, 11) is 0. The normalized spacial score (nSPS) is 14.4. The van der Waals surface area contributed by atoms with Crippen LogP contribution in [0.1, 0.15) is 39.2 Å². The Hall–Kier alpha value is -4.00. The van der Waals surface area contributed by atoms with Crippen LogP contribution in [-0.2, 0) is 4.79 Å². The zero-order valence-electron chi connectivity index (χ0n) is 18.9. The summed E-state index contributed by atoms with van der Waals surface area (Å²) in [5.74, 6) is -1.17.